The molecule has 0 amide bonds. The zero-order chi connectivity index (χ0) is 49.8. The molecule has 2 heterocycles. The molecule has 0 saturated heterocycles. The maximum absolute atomic E-state index is 2.59. The molecule has 3 heteroatoms. The van der Waals surface area contributed by atoms with Gasteiger partial charge < -0.3 is 9.80 Å². The van der Waals surface area contributed by atoms with Gasteiger partial charge in [-0.2, -0.15) is 0 Å². The Kier molecular flexibility index (Phi) is 8.95. The summed E-state index contributed by atoms with van der Waals surface area (Å²) in [6, 6.07) is 86.3. The van der Waals surface area contributed by atoms with Gasteiger partial charge in [0, 0.05) is 34.1 Å². The van der Waals surface area contributed by atoms with Gasteiger partial charge in [-0.1, -0.05) is 211 Å². The lowest BCUT2D eigenvalue weighted by Gasteiger charge is -2.45. The molecule has 2 aliphatic carbocycles. The summed E-state index contributed by atoms with van der Waals surface area (Å²) in [6.45, 7) is 13.8. The first-order valence-electron chi connectivity index (χ1n) is 26.4. The van der Waals surface area contributed by atoms with Gasteiger partial charge in [-0.05, 0) is 170 Å². The predicted molar refractivity (Wildman–Crippen MR) is 315 cm³/mol. The van der Waals surface area contributed by atoms with E-state index in [0.29, 0.717) is 0 Å². The summed E-state index contributed by atoms with van der Waals surface area (Å²) < 4.78 is 0. The van der Waals surface area contributed by atoms with Crippen molar-refractivity contribution in [3.63, 3.8) is 0 Å². The van der Waals surface area contributed by atoms with E-state index in [1.54, 1.807) is 0 Å². The summed E-state index contributed by atoms with van der Waals surface area (Å²) in [4.78, 5) is 5.17. The zero-order valence-electron chi connectivity index (χ0n) is 42.8. The molecule has 0 bridgehead atoms. The maximum Gasteiger partial charge on any atom is 0.252 e. The zero-order valence-corrected chi connectivity index (χ0v) is 42.8. The van der Waals surface area contributed by atoms with Crippen molar-refractivity contribution in [2.75, 3.05) is 9.80 Å². The lowest BCUT2D eigenvalue weighted by atomic mass is 9.33. The molecule has 2 aliphatic heterocycles. The summed E-state index contributed by atoms with van der Waals surface area (Å²) >= 11 is 0. The van der Waals surface area contributed by atoms with Crippen molar-refractivity contribution < 1.29 is 0 Å². The fourth-order valence-corrected chi connectivity index (χ4v) is 13.6. The highest BCUT2D eigenvalue weighted by atomic mass is 15.2. The van der Waals surface area contributed by atoms with Gasteiger partial charge in [0.15, 0.2) is 0 Å². The molecule has 0 atom stereocenters. The normalized spacial score (nSPS) is 14.4. The molecule has 0 radical (unpaired) electrons. The van der Waals surface area contributed by atoms with E-state index >= 15 is 0 Å². The van der Waals surface area contributed by atoms with E-state index in [-0.39, 0.29) is 17.5 Å². The van der Waals surface area contributed by atoms with Crippen LogP contribution >= 0.6 is 0 Å². The largest absolute Gasteiger partial charge is 0.311 e. The Morgan fingerprint density at radius 3 is 1.14 bits per heavy atom. The number of fused-ring (bicyclic) bond motifs is 16. The lowest BCUT2D eigenvalue weighted by molar-refractivity contribution is 0.590. The smallest absolute Gasteiger partial charge is 0.252 e. The van der Waals surface area contributed by atoms with Gasteiger partial charge in [0.05, 0.1) is 5.41 Å². The van der Waals surface area contributed by atoms with Gasteiger partial charge in [0.2, 0.25) is 0 Å². The summed E-state index contributed by atoms with van der Waals surface area (Å²) in [5.41, 5.74) is 26.5. The van der Waals surface area contributed by atoms with Crippen molar-refractivity contribution in [2.45, 2.75) is 57.8 Å². The fourth-order valence-electron chi connectivity index (χ4n) is 13.6. The van der Waals surface area contributed by atoms with E-state index < -0.39 is 5.41 Å². The highest BCUT2D eigenvalue weighted by Crippen LogP contribution is 2.63. The Labute approximate surface area is 435 Å². The number of nitrogens with zero attached hydrogens (tertiary/aromatic N) is 2. The molecule has 4 aliphatic rings. The minimum atomic E-state index is -0.405. The van der Waals surface area contributed by atoms with E-state index in [0.717, 1.165) is 11.4 Å². The Balaban J connectivity index is 1.04. The first-order chi connectivity index (χ1) is 35.9. The van der Waals surface area contributed by atoms with Crippen molar-refractivity contribution in [3.05, 3.63) is 258 Å². The second kappa shape index (κ2) is 15.3. The molecule has 1 spiro atoms. The quantitative estimate of drug-likeness (QED) is 0.163. The molecule has 0 saturated carbocycles. The first-order valence-corrected chi connectivity index (χ1v) is 26.4. The van der Waals surface area contributed by atoms with E-state index in [9.17, 15) is 0 Å². The van der Waals surface area contributed by atoms with Crippen molar-refractivity contribution in [1.29, 1.82) is 0 Å². The Morgan fingerprint density at radius 2 is 0.703 bits per heavy atom. The van der Waals surface area contributed by atoms with E-state index in [4.69, 9.17) is 0 Å². The number of hydrogen-bond acceptors (Lipinski definition) is 2. The van der Waals surface area contributed by atoms with Gasteiger partial charge in [-0.3, -0.25) is 0 Å². The van der Waals surface area contributed by atoms with Crippen LogP contribution in [0.2, 0.25) is 0 Å². The summed E-state index contributed by atoms with van der Waals surface area (Å²) in [6.07, 6.45) is 0. The molecular formula is C71H55BN2. The van der Waals surface area contributed by atoms with E-state index in [2.05, 4.69) is 276 Å². The third-order valence-electron chi connectivity index (χ3n) is 17.1. The minimum Gasteiger partial charge on any atom is -0.311 e. The summed E-state index contributed by atoms with van der Waals surface area (Å²) in [5, 5.41) is 4.97. The Morgan fingerprint density at radius 1 is 0.324 bits per heavy atom. The van der Waals surface area contributed by atoms with Crippen molar-refractivity contribution >= 4 is 78.8 Å². The molecule has 0 aromatic heterocycles. The van der Waals surface area contributed by atoms with Crippen molar-refractivity contribution in [2.24, 2.45) is 0 Å². The van der Waals surface area contributed by atoms with Crippen LogP contribution in [0.15, 0.2) is 224 Å². The van der Waals surface area contributed by atoms with Crippen LogP contribution in [0.25, 0.3) is 54.9 Å². The molecule has 352 valence electrons. The highest BCUT2D eigenvalue weighted by molar-refractivity contribution is 7.00. The average Bonchev–Trinajstić information content (AvgIpc) is 4.09. The Bertz CT molecular complexity index is 3950. The standard InChI is InChI=1S/C71H55BN2/c1-69(2,3)50-28-32-52(33-29-50)73-64-40-46-19-9-7-17-44(46)38-62(64)72-63-39-45-18-8-10-20-47(45)41-65(63)74(53-34-30-51(31-35-53)70(4,5)6)67-43-49(42-66(73)68(67)72)48-27-36-61-57(37-48)56-23-13-16-26-60(56)71(61)58-24-14-11-21-54(58)55-22-12-15-25-59(55)71/h7-43H,1-6H3. The molecule has 2 nitrogen and oxygen atoms in total. The van der Waals surface area contributed by atoms with Crippen LogP contribution in [0.5, 0.6) is 0 Å². The maximum atomic E-state index is 2.59. The van der Waals surface area contributed by atoms with Gasteiger partial charge in [0.25, 0.3) is 6.71 Å². The summed E-state index contributed by atoms with van der Waals surface area (Å²) in [5.74, 6) is 0. The average molecular weight is 947 g/mol. The SMILES string of the molecule is CC(C)(C)c1ccc(N2c3cc4ccccc4cc3B3c4cc5ccccc5cc4N(c4ccc(C(C)(C)C)cc4)c4cc(-c5ccc6c(c5)-c5ccccc5C65c6ccccc6-c6ccccc65)cc2c43)cc1. The van der Waals surface area contributed by atoms with Crippen molar-refractivity contribution in [1.82, 2.24) is 0 Å². The van der Waals surface area contributed by atoms with Crippen LogP contribution < -0.4 is 26.2 Å². The molecule has 74 heavy (non-hydrogen) atoms. The first kappa shape index (κ1) is 43.2. The number of anilines is 6. The molecular weight excluding hydrogens is 892 g/mol. The number of rotatable bonds is 3. The second-order valence-electron chi connectivity index (χ2n) is 23.3. The van der Waals surface area contributed by atoms with Gasteiger partial charge >= 0.3 is 0 Å². The topological polar surface area (TPSA) is 6.48 Å². The number of hydrogen-bond donors (Lipinski definition) is 0. The van der Waals surface area contributed by atoms with Gasteiger partial charge in [-0.15, -0.1) is 0 Å². The van der Waals surface area contributed by atoms with Crippen LogP contribution in [0, 0.1) is 0 Å². The predicted octanol–water partition coefficient (Wildman–Crippen LogP) is 16.7. The van der Waals surface area contributed by atoms with Gasteiger partial charge in [-0.25, -0.2) is 0 Å². The molecule has 11 aromatic rings. The lowest BCUT2D eigenvalue weighted by Crippen LogP contribution is -2.61. The molecule has 0 unspecified atom stereocenters. The van der Waals surface area contributed by atoms with Crippen LogP contribution in [-0.2, 0) is 16.2 Å². The monoisotopic (exact) mass is 946 g/mol. The number of benzene rings is 11. The molecule has 0 N–H and O–H groups in total. The van der Waals surface area contributed by atoms with Crippen LogP contribution in [0.1, 0.15) is 74.9 Å². The van der Waals surface area contributed by atoms with Crippen LogP contribution in [0.3, 0.4) is 0 Å². The second-order valence-corrected chi connectivity index (χ2v) is 23.3. The highest BCUT2D eigenvalue weighted by Gasteiger charge is 2.52. The molecule has 0 fully saturated rings. The minimum absolute atomic E-state index is 0.0155. The third kappa shape index (κ3) is 6.01. The fraction of sp³-hybridized carbons (Fsp3) is 0.127. The molecule has 15 rings (SSSR count). The van der Waals surface area contributed by atoms with Gasteiger partial charge in [0.1, 0.15) is 0 Å². The van der Waals surface area contributed by atoms with E-state index in [1.165, 1.54) is 127 Å². The summed E-state index contributed by atoms with van der Waals surface area (Å²) in [7, 11) is 0. The molecule has 11 aromatic carbocycles. The third-order valence-corrected chi connectivity index (χ3v) is 17.1. The van der Waals surface area contributed by atoms with Crippen LogP contribution in [0.4, 0.5) is 34.1 Å². The Hall–Kier alpha value is -8.40. The van der Waals surface area contributed by atoms with Crippen molar-refractivity contribution in [3.8, 4) is 33.4 Å². The van der Waals surface area contributed by atoms with E-state index in [1.807, 2.05) is 0 Å². The van der Waals surface area contributed by atoms with Crippen LogP contribution in [-0.4, -0.2) is 6.71 Å².